The Labute approximate surface area is 121 Å². The number of carbonyl (C=O) groups excluding carboxylic acids is 1. The summed E-state index contributed by atoms with van der Waals surface area (Å²) in [5.74, 6) is -3.74. The van der Waals surface area contributed by atoms with E-state index in [0.29, 0.717) is 18.7 Å². The van der Waals surface area contributed by atoms with Gasteiger partial charge in [0.2, 0.25) is 5.91 Å². The maximum Gasteiger partial charge on any atom is 0.230 e. The number of amides is 1. The highest BCUT2D eigenvalue weighted by molar-refractivity contribution is 5.95. The van der Waals surface area contributed by atoms with Crippen molar-refractivity contribution < 1.29 is 18.0 Å². The Hall–Kier alpha value is -1.56. The summed E-state index contributed by atoms with van der Waals surface area (Å²) in [6.45, 7) is 5.18. The standard InChI is InChI=1S/C15H19F3N2O/c1-15(2,9-4-3-5-19-8-9)14(21)20-13-7-11(17)10(16)6-12(13)18/h6-7,9,19H,3-5,8H2,1-2H3,(H,20,21). The van der Waals surface area contributed by atoms with Gasteiger partial charge >= 0.3 is 0 Å². The van der Waals surface area contributed by atoms with E-state index in [1.807, 2.05) is 0 Å². The first-order valence-electron chi connectivity index (χ1n) is 6.99. The number of nitrogens with one attached hydrogen (secondary N) is 2. The molecule has 1 heterocycles. The molecule has 1 unspecified atom stereocenters. The number of hydrogen-bond acceptors (Lipinski definition) is 2. The Balaban J connectivity index is 2.15. The first-order valence-corrected chi connectivity index (χ1v) is 6.99. The number of halogens is 3. The predicted molar refractivity (Wildman–Crippen MR) is 74.3 cm³/mol. The quantitative estimate of drug-likeness (QED) is 0.842. The summed E-state index contributed by atoms with van der Waals surface area (Å²) >= 11 is 0. The van der Waals surface area contributed by atoms with Gasteiger partial charge in [-0.1, -0.05) is 13.8 Å². The topological polar surface area (TPSA) is 41.1 Å². The molecule has 1 aromatic rings. The number of hydrogen-bond donors (Lipinski definition) is 2. The van der Waals surface area contributed by atoms with E-state index >= 15 is 0 Å². The molecular weight excluding hydrogens is 281 g/mol. The largest absolute Gasteiger partial charge is 0.323 e. The van der Waals surface area contributed by atoms with Crippen molar-refractivity contribution in [3.8, 4) is 0 Å². The van der Waals surface area contributed by atoms with Crippen molar-refractivity contribution in [3.05, 3.63) is 29.6 Å². The fourth-order valence-corrected chi connectivity index (χ4v) is 2.55. The van der Waals surface area contributed by atoms with Gasteiger partial charge in [-0.15, -0.1) is 0 Å². The van der Waals surface area contributed by atoms with Crippen molar-refractivity contribution in [2.75, 3.05) is 18.4 Å². The Morgan fingerprint density at radius 3 is 2.52 bits per heavy atom. The van der Waals surface area contributed by atoms with Crippen LogP contribution in [0.4, 0.5) is 18.9 Å². The van der Waals surface area contributed by atoms with Crippen LogP contribution in [-0.4, -0.2) is 19.0 Å². The van der Waals surface area contributed by atoms with Crippen LogP contribution in [0.3, 0.4) is 0 Å². The fraction of sp³-hybridized carbons (Fsp3) is 0.533. The van der Waals surface area contributed by atoms with Crippen LogP contribution in [-0.2, 0) is 4.79 Å². The average Bonchev–Trinajstić information content (AvgIpc) is 2.45. The first kappa shape index (κ1) is 15.8. The van der Waals surface area contributed by atoms with Gasteiger partial charge in [-0.05, 0) is 31.8 Å². The van der Waals surface area contributed by atoms with E-state index in [1.165, 1.54) is 0 Å². The molecule has 0 spiro atoms. The molecule has 1 fully saturated rings. The molecule has 6 heteroatoms. The van der Waals surface area contributed by atoms with E-state index in [2.05, 4.69) is 10.6 Å². The summed E-state index contributed by atoms with van der Waals surface area (Å²) in [4.78, 5) is 12.4. The average molecular weight is 300 g/mol. The lowest BCUT2D eigenvalue weighted by Crippen LogP contribution is -2.44. The van der Waals surface area contributed by atoms with Crippen molar-refractivity contribution in [3.63, 3.8) is 0 Å². The van der Waals surface area contributed by atoms with Gasteiger partial charge in [-0.2, -0.15) is 0 Å². The summed E-state index contributed by atoms with van der Waals surface area (Å²) in [7, 11) is 0. The molecule has 1 aliphatic rings. The molecule has 2 rings (SSSR count). The Morgan fingerprint density at radius 1 is 1.24 bits per heavy atom. The molecule has 116 valence electrons. The summed E-state index contributed by atoms with van der Waals surface area (Å²) in [6.07, 6.45) is 1.87. The molecule has 1 aromatic carbocycles. The van der Waals surface area contributed by atoms with E-state index in [4.69, 9.17) is 0 Å². The number of rotatable bonds is 3. The molecule has 0 bridgehead atoms. The van der Waals surface area contributed by atoms with Gasteiger partial charge < -0.3 is 10.6 Å². The van der Waals surface area contributed by atoms with E-state index in [0.717, 1.165) is 19.4 Å². The lowest BCUT2D eigenvalue weighted by Gasteiger charge is -2.36. The minimum atomic E-state index is -1.28. The van der Waals surface area contributed by atoms with Crippen LogP contribution in [0, 0.1) is 28.8 Å². The monoisotopic (exact) mass is 300 g/mol. The molecule has 1 aliphatic heterocycles. The van der Waals surface area contributed by atoms with Crippen LogP contribution in [0.15, 0.2) is 12.1 Å². The molecule has 2 N–H and O–H groups in total. The highest BCUT2D eigenvalue weighted by atomic mass is 19.2. The minimum Gasteiger partial charge on any atom is -0.323 e. The van der Waals surface area contributed by atoms with Crippen LogP contribution in [0.1, 0.15) is 26.7 Å². The number of benzene rings is 1. The molecule has 3 nitrogen and oxygen atoms in total. The Morgan fingerprint density at radius 2 is 1.90 bits per heavy atom. The Kier molecular flexibility index (Phi) is 4.56. The fourth-order valence-electron chi connectivity index (χ4n) is 2.55. The third-order valence-electron chi connectivity index (χ3n) is 4.16. The van der Waals surface area contributed by atoms with Crippen LogP contribution in [0.5, 0.6) is 0 Å². The normalized spacial score (nSPS) is 19.4. The van der Waals surface area contributed by atoms with Crippen molar-refractivity contribution in [1.29, 1.82) is 0 Å². The third-order valence-corrected chi connectivity index (χ3v) is 4.16. The zero-order chi connectivity index (χ0) is 15.6. The molecule has 0 radical (unpaired) electrons. The van der Waals surface area contributed by atoms with Crippen molar-refractivity contribution in [2.24, 2.45) is 11.3 Å². The summed E-state index contributed by atoms with van der Waals surface area (Å²) in [6, 6.07) is 1.10. The first-order chi connectivity index (χ1) is 9.82. The highest BCUT2D eigenvalue weighted by Crippen LogP contribution is 2.33. The SMILES string of the molecule is CC(C)(C(=O)Nc1cc(F)c(F)cc1F)C1CCCNC1. The number of anilines is 1. The van der Waals surface area contributed by atoms with Crippen LogP contribution in [0.2, 0.25) is 0 Å². The lowest BCUT2D eigenvalue weighted by atomic mass is 9.74. The van der Waals surface area contributed by atoms with E-state index in [9.17, 15) is 18.0 Å². The van der Waals surface area contributed by atoms with Gasteiger partial charge in [0.1, 0.15) is 5.82 Å². The zero-order valence-corrected chi connectivity index (χ0v) is 12.1. The van der Waals surface area contributed by atoms with Gasteiger partial charge in [-0.25, -0.2) is 13.2 Å². The van der Waals surface area contributed by atoms with E-state index < -0.39 is 28.8 Å². The van der Waals surface area contributed by atoms with Gasteiger partial charge in [0.15, 0.2) is 11.6 Å². The second-order valence-corrected chi connectivity index (χ2v) is 5.97. The number of piperidine rings is 1. The second-order valence-electron chi connectivity index (χ2n) is 5.97. The van der Waals surface area contributed by atoms with Gasteiger partial charge in [-0.3, -0.25) is 4.79 Å². The molecule has 21 heavy (non-hydrogen) atoms. The third kappa shape index (κ3) is 3.37. The van der Waals surface area contributed by atoms with Gasteiger partial charge in [0, 0.05) is 17.5 Å². The van der Waals surface area contributed by atoms with Crippen molar-refractivity contribution in [2.45, 2.75) is 26.7 Å². The van der Waals surface area contributed by atoms with Gasteiger partial charge in [0.05, 0.1) is 5.69 Å². The van der Waals surface area contributed by atoms with Crippen molar-refractivity contribution >= 4 is 11.6 Å². The number of carbonyl (C=O) groups is 1. The summed E-state index contributed by atoms with van der Waals surface area (Å²) in [5, 5.41) is 5.59. The lowest BCUT2D eigenvalue weighted by molar-refractivity contribution is -0.127. The molecule has 1 saturated heterocycles. The molecule has 0 aliphatic carbocycles. The molecule has 0 saturated carbocycles. The predicted octanol–water partition coefficient (Wildman–Crippen LogP) is 3.07. The maximum absolute atomic E-state index is 13.6. The van der Waals surface area contributed by atoms with Crippen LogP contribution >= 0.6 is 0 Å². The molecular formula is C15H19F3N2O. The summed E-state index contributed by atoms with van der Waals surface area (Å²) < 4.78 is 39.6. The Bertz CT molecular complexity index is 540. The smallest absolute Gasteiger partial charge is 0.230 e. The zero-order valence-electron chi connectivity index (χ0n) is 12.1. The highest BCUT2D eigenvalue weighted by Gasteiger charge is 2.37. The second kappa shape index (κ2) is 6.05. The van der Waals surface area contributed by atoms with Crippen molar-refractivity contribution in [1.82, 2.24) is 5.32 Å². The maximum atomic E-state index is 13.6. The van der Waals surface area contributed by atoms with Crippen LogP contribution in [0.25, 0.3) is 0 Å². The minimum absolute atomic E-state index is 0.111. The molecule has 0 aromatic heterocycles. The molecule has 1 amide bonds. The van der Waals surface area contributed by atoms with E-state index in [-0.39, 0.29) is 11.6 Å². The van der Waals surface area contributed by atoms with E-state index in [1.54, 1.807) is 13.8 Å². The van der Waals surface area contributed by atoms with Gasteiger partial charge in [0.25, 0.3) is 0 Å². The molecule has 1 atom stereocenters. The summed E-state index contributed by atoms with van der Waals surface area (Å²) in [5.41, 5.74) is -1.07. The van der Waals surface area contributed by atoms with Crippen LogP contribution < -0.4 is 10.6 Å².